The smallest absolute Gasteiger partial charge is 0.219 e. The van der Waals surface area contributed by atoms with Crippen LogP contribution in [0.5, 0.6) is 0 Å². The number of nitrogens with zero attached hydrogens (tertiary/aromatic N) is 2. The van der Waals surface area contributed by atoms with Gasteiger partial charge in [0.15, 0.2) is 0 Å². The van der Waals surface area contributed by atoms with Crippen molar-refractivity contribution in [1.29, 1.82) is 0 Å². The molecular formula is C13H23N3O. The minimum absolute atomic E-state index is 0.152. The molecular weight excluding hydrogens is 214 g/mol. The second-order valence-corrected chi connectivity index (χ2v) is 4.36. The van der Waals surface area contributed by atoms with Gasteiger partial charge in [0.2, 0.25) is 5.91 Å². The Balaban J connectivity index is 1.95. The molecule has 0 saturated heterocycles. The highest BCUT2D eigenvalue weighted by molar-refractivity contribution is 5.75. The number of unbranched alkanes of at least 4 members (excludes halogenated alkanes) is 4. The van der Waals surface area contributed by atoms with E-state index in [2.05, 4.69) is 14.9 Å². The number of amides is 1. The molecule has 0 saturated carbocycles. The monoisotopic (exact) mass is 237 g/mol. The Kier molecular flexibility index (Phi) is 6.37. The van der Waals surface area contributed by atoms with Crippen LogP contribution in [0, 0.1) is 6.92 Å². The molecule has 0 aliphatic rings. The van der Waals surface area contributed by atoms with Crippen molar-refractivity contribution >= 4 is 5.91 Å². The van der Waals surface area contributed by atoms with Crippen LogP contribution in [0.4, 0.5) is 0 Å². The van der Waals surface area contributed by atoms with Crippen molar-refractivity contribution in [3.63, 3.8) is 0 Å². The summed E-state index contributed by atoms with van der Waals surface area (Å²) in [6.07, 6.45) is 10.3. The molecule has 0 unspecified atom stereocenters. The van der Waals surface area contributed by atoms with Crippen LogP contribution in [0.15, 0.2) is 12.4 Å². The summed E-state index contributed by atoms with van der Waals surface area (Å²) in [6.45, 7) is 3.09. The average Bonchev–Trinajstić information content (AvgIpc) is 2.73. The zero-order valence-electron chi connectivity index (χ0n) is 10.9. The molecule has 1 heterocycles. The van der Waals surface area contributed by atoms with Gasteiger partial charge >= 0.3 is 0 Å². The van der Waals surface area contributed by atoms with Crippen molar-refractivity contribution in [3.8, 4) is 0 Å². The topological polar surface area (TPSA) is 46.9 Å². The van der Waals surface area contributed by atoms with E-state index in [-0.39, 0.29) is 5.91 Å². The molecule has 0 fully saturated rings. The van der Waals surface area contributed by atoms with Gasteiger partial charge < -0.3 is 9.88 Å². The van der Waals surface area contributed by atoms with Crippen LogP contribution >= 0.6 is 0 Å². The van der Waals surface area contributed by atoms with Crippen LogP contribution in [0.3, 0.4) is 0 Å². The molecule has 0 radical (unpaired) electrons. The Morgan fingerprint density at radius 2 is 2.00 bits per heavy atom. The van der Waals surface area contributed by atoms with Crippen molar-refractivity contribution in [3.05, 3.63) is 18.2 Å². The van der Waals surface area contributed by atoms with Gasteiger partial charge in [-0.25, -0.2) is 4.98 Å². The third-order valence-corrected chi connectivity index (χ3v) is 3.01. The molecule has 0 aromatic carbocycles. The fourth-order valence-corrected chi connectivity index (χ4v) is 1.86. The number of hydrogen-bond donors (Lipinski definition) is 1. The molecule has 0 aliphatic carbocycles. The molecule has 0 aliphatic heterocycles. The van der Waals surface area contributed by atoms with Crippen molar-refractivity contribution in [1.82, 2.24) is 14.9 Å². The van der Waals surface area contributed by atoms with Crippen LogP contribution < -0.4 is 5.32 Å². The lowest BCUT2D eigenvalue weighted by Gasteiger charge is -2.04. The van der Waals surface area contributed by atoms with Gasteiger partial charge in [-0.05, 0) is 19.8 Å². The number of aryl methyl sites for hydroxylation is 2. The van der Waals surface area contributed by atoms with E-state index in [0.717, 1.165) is 25.2 Å². The van der Waals surface area contributed by atoms with E-state index in [1.165, 1.54) is 19.3 Å². The van der Waals surface area contributed by atoms with Gasteiger partial charge in [-0.1, -0.05) is 19.3 Å². The minimum Gasteiger partial charge on any atom is -0.359 e. The molecule has 1 N–H and O–H groups in total. The molecule has 1 aromatic heterocycles. The molecule has 17 heavy (non-hydrogen) atoms. The first kappa shape index (κ1) is 13.7. The SMILES string of the molecule is CNC(=O)CCCCCCCn1ccnc1C. The second kappa shape index (κ2) is 7.87. The number of carbonyl (C=O) groups is 1. The van der Waals surface area contributed by atoms with E-state index in [1.54, 1.807) is 7.05 Å². The quantitative estimate of drug-likeness (QED) is 0.705. The van der Waals surface area contributed by atoms with Crippen molar-refractivity contribution < 1.29 is 4.79 Å². The second-order valence-electron chi connectivity index (χ2n) is 4.36. The Morgan fingerprint density at radius 1 is 1.29 bits per heavy atom. The highest BCUT2D eigenvalue weighted by atomic mass is 16.1. The van der Waals surface area contributed by atoms with Crippen LogP contribution in [-0.2, 0) is 11.3 Å². The number of aromatic nitrogens is 2. The van der Waals surface area contributed by atoms with Crippen molar-refractivity contribution in [2.45, 2.75) is 52.0 Å². The van der Waals surface area contributed by atoms with Crippen molar-refractivity contribution in [2.24, 2.45) is 0 Å². The molecule has 1 aromatic rings. The molecule has 0 spiro atoms. The predicted molar refractivity (Wildman–Crippen MR) is 68.7 cm³/mol. The maximum absolute atomic E-state index is 11.0. The number of imidazole rings is 1. The first-order chi connectivity index (χ1) is 8.24. The standard InChI is InChI=1S/C13H23N3O/c1-12-15-9-11-16(12)10-7-5-3-4-6-8-13(17)14-2/h9,11H,3-8,10H2,1-2H3,(H,14,17). The van der Waals surface area contributed by atoms with E-state index < -0.39 is 0 Å². The van der Waals surface area contributed by atoms with Gasteiger partial charge in [-0.2, -0.15) is 0 Å². The van der Waals surface area contributed by atoms with Crippen LogP contribution in [0.2, 0.25) is 0 Å². The summed E-state index contributed by atoms with van der Waals surface area (Å²) in [5, 5.41) is 2.64. The molecule has 1 rings (SSSR count). The summed E-state index contributed by atoms with van der Waals surface area (Å²) in [5.74, 6) is 1.24. The molecule has 4 nitrogen and oxygen atoms in total. The zero-order valence-corrected chi connectivity index (χ0v) is 10.9. The zero-order chi connectivity index (χ0) is 12.5. The number of nitrogens with one attached hydrogen (secondary N) is 1. The Bertz CT molecular complexity index is 333. The lowest BCUT2D eigenvalue weighted by Crippen LogP contribution is -2.16. The van der Waals surface area contributed by atoms with E-state index in [9.17, 15) is 4.79 Å². The molecule has 4 heteroatoms. The lowest BCUT2D eigenvalue weighted by molar-refractivity contribution is -0.120. The van der Waals surface area contributed by atoms with E-state index in [0.29, 0.717) is 6.42 Å². The van der Waals surface area contributed by atoms with Gasteiger partial charge in [0.1, 0.15) is 5.82 Å². The summed E-state index contributed by atoms with van der Waals surface area (Å²) < 4.78 is 2.19. The third kappa shape index (κ3) is 5.52. The van der Waals surface area contributed by atoms with Gasteiger partial charge in [0.05, 0.1) is 0 Å². The maximum atomic E-state index is 11.0. The largest absolute Gasteiger partial charge is 0.359 e. The summed E-state index contributed by atoms with van der Waals surface area (Å²) in [7, 11) is 1.69. The van der Waals surface area contributed by atoms with E-state index >= 15 is 0 Å². The average molecular weight is 237 g/mol. The van der Waals surface area contributed by atoms with Gasteiger partial charge in [-0.3, -0.25) is 4.79 Å². The highest BCUT2D eigenvalue weighted by Gasteiger charge is 1.98. The minimum atomic E-state index is 0.152. The van der Waals surface area contributed by atoms with E-state index in [4.69, 9.17) is 0 Å². The fourth-order valence-electron chi connectivity index (χ4n) is 1.86. The molecule has 0 bridgehead atoms. The summed E-state index contributed by atoms with van der Waals surface area (Å²) in [4.78, 5) is 15.2. The van der Waals surface area contributed by atoms with E-state index in [1.807, 2.05) is 19.3 Å². The molecule has 1 amide bonds. The van der Waals surface area contributed by atoms with Crippen LogP contribution in [0.25, 0.3) is 0 Å². The summed E-state index contributed by atoms with van der Waals surface area (Å²) in [6, 6.07) is 0. The van der Waals surface area contributed by atoms with Gasteiger partial charge in [0.25, 0.3) is 0 Å². The first-order valence-corrected chi connectivity index (χ1v) is 6.42. The first-order valence-electron chi connectivity index (χ1n) is 6.42. The summed E-state index contributed by atoms with van der Waals surface area (Å²) >= 11 is 0. The molecule has 0 atom stereocenters. The summed E-state index contributed by atoms with van der Waals surface area (Å²) in [5.41, 5.74) is 0. The molecule has 96 valence electrons. The fraction of sp³-hybridized carbons (Fsp3) is 0.692. The normalized spacial score (nSPS) is 10.5. The van der Waals surface area contributed by atoms with Crippen LogP contribution in [0.1, 0.15) is 44.3 Å². The number of carbonyl (C=O) groups excluding carboxylic acids is 1. The van der Waals surface area contributed by atoms with Crippen molar-refractivity contribution in [2.75, 3.05) is 7.05 Å². The maximum Gasteiger partial charge on any atom is 0.219 e. The van der Waals surface area contributed by atoms with Gasteiger partial charge in [-0.15, -0.1) is 0 Å². The van der Waals surface area contributed by atoms with Gasteiger partial charge in [0, 0.05) is 32.4 Å². The predicted octanol–water partition coefficient (Wildman–Crippen LogP) is 2.28. The van der Waals surface area contributed by atoms with Crippen LogP contribution in [-0.4, -0.2) is 22.5 Å². The number of rotatable bonds is 8. The number of hydrogen-bond acceptors (Lipinski definition) is 2. The highest BCUT2D eigenvalue weighted by Crippen LogP contribution is 2.07. The Labute approximate surface area is 103 Å². The third-order valence-electron chi connectivity index (χ3n) is 3.01. The lowest BCUT2D eigenvalue weighted by atomic mass is 10.1. The Morgan fingerprint density at radius 3 is 2.65 bits per heavy atom. The Hall–Kier alpha value is -1.32.